The number of hydrogen-bond donors (Lipinski definition) is 1. The van der Waals surface area contributed by atoms with Gasteiger partial charge in [0.2, 0.25) is 5.79 Å². The van der Waals surface area contributed by atoms with Gasteiger partial charge in [-0.1, -0.05) is 6.42 Å². The number of carbonyl (C=O) groups is 1. The molecule has 0 spiro atoms. The van der Waals surface area contributed by atoms with Crippen LogP contribution in [0.15, 0.2) is 24.3 Å². The molecule has 1 aromatic carbocycles. The van der Waals surface area contributed by atoms with E-state index in [2.05, 4.69) is 5.32 Å². The smallest absolute Gasteiger partial charge is 0.411 e. The van der Waals surface area contributed by atoms with Crippen LogP contribution in [-0.4, -0.2) is 73.1 Å². The zero-order chi connectivity index (χ0) is 26.7. The van der Waals surface area contributed by atoms with Crippen LogP contribution in [0.3, 0.4) is 0 Å². The largest absolute Gasteiger partial charge is 0.449 e. The Hall–Kier alpha value is -2.35. The van der Waals surface area contributed by atoms with Crippen LogP contribution in [0.5, 0.6) is 0 Å². The van der Waals surface area contributed by atoms with Crippen LogP contribution in [-0.2, 0) is 33.2 Å². The van der Waals surface area contributed by atoms with E-state index in [-0.39, 0.29) is 31.1 Å². The predicted octanol–water partition coefficient (Wildman–Crippen LogP) is 4.12. The predicted molar refractivity (Wildman–Crippen MR) is 130 cm³/mol. The van der Waals surface area contributed by atoms with Crippen LogP contribution < -0.4 is 5.32 Å². The fraction of sp³-hybridized carbons (Fsp3) is 0.720. The maximum absolute atomic E-state index is 11.9. The number of ether oxygens (including phenoxy) is 7. The lowest BCUT2D eigenvalue weighted by Gasteiger charge is -2.38. The number of nitrogens with zero attached hydrogens (tertiary/aromatic N) is 1. The van der Waals surface area contributed by atoms with Gasteiger partial charge < -0.3 is 33.2 Å². The molecule has 1 N–H and O–H groups in total. The van der Waals surface area contributed by atoms with Gasteiger partial charge in [-0.2, -0.15) is 0 Å². The Bertz CT molecular complexity index is 953. The molecular weight excluding hydrogens is 488 g/mol. The van der Waals surface area contributed by atoms with Gasteiger partial charge in [-0.3, -0.25) is 15.4 Å². The Morgan fingerprint density at radius 1 is 1.03 bits per heavy atom. The van der Waals surface area contributed by atoms with Crippen molar-refractivity contribution in [2.45, 2.75) is 89.1 Å². The van der Waals surface area contributed by atoms with E-state index >= 15 is 0 Å². The van der Waals surface area contributed by atoms with E-state index < -0.39 is 34.5 Å². The molecule has 37 heavy (non-hydrogen) atoms. The van der Waals surface area contributed by atoms with E-state index in [1.165, 1.54) is 24.3 Å². The van der Waals surface area contributed by atoms with E-state index in [1.54, 1.807) is 0 Å². The van der Waals surface area contributed by atoms with Crippen LogP contribution in [0.25, 0.3) is 0 Å². The molecule has 0 unspecified atom stereocenters. The average molecular weight is 525 g/mol. The summed E-state index contributed by atoms with van der Waals surface area (Å²) in [7, 11) is 0. The van der Waals surface area contributed by atoms with E-state index in [9.17, 15) is 14.9 Å². The zero-order valence-electron chi connectivity index (χ0n) is 21.7. The second-order valence-corrected chi connectivity index (χ2v) is 10.3. The van der Waals surface area contributed by atoms with Gasteiger partial charge in [0.05, 0.1) is 18.1 Å². The number of amides is 1. The van der Waals surface area contributed by atoms with Crippen molar-refractivity contribution in [2.24, 2.45) is 0 Å². The lowest BCUT2D eigenvalue weighted by molar-refractivity contribution is -0.384. The van der Waals surface area contributed by atoms with Crippen molar-refractivity contribution in [3.63, 3.8) is 0 Å². The van der Waals surface area contributed by atoms with Crippen molar-refractivity contribution in [3.8, 4) is 0 Å². The minimum Gasteiger partial charge on any atom is -0.449 e. The summed E-state index contributed by atoms with van der Waals surface area (Å²) in [4.78, 5) is 22.0. The number of nitro groups is 1. The first-order valence-corrected chi connectivity index (χ1v) is 12.6. The fourth-order valence-electron chi connectivity index (χ4n) is 4.74. The molecule has 3 aliphatic heterocycles. The maximum atomic E-state index is 11.9. The molecule has 12 heteroatoms. The average Bonchev–Trinajstić information content (AvgIpc) is 3.24. The van der Waals surface area contributed by atoms with Crippen molar-refractivity contribution in [3.05, 3.63) is 34.4 Å². The summed E-state index contributed by atoms with van der Waals surface area (Å²) < 4.78 is 41.5. The molecule has 12 nitrogen and oxygen atoms in total. The number of nitro benzene ring substituents is 1. The van der Waals surface area contributed by atoms with E-state index in [0.29, 0.717) is 25.3 Å². The van der Waals surface area contributed by atoms with Crippen LogP contribution in [0.2, 0.25) is 0 Å². The molecule has 0 saturated carbocycles. The minimum absolute atomic E-state index is 0.0447. The summed E-state index contributed by atoms with van der Waals surface area (Å²) in [6, 6.07) is 5.55. The number of rotatable bonds is 11. The first kappa shape index (κ1) is 27.7. The number of carbonyl (C=O) groups excluding carboxylic acids is 1. The van der Waals surface area contributed by atoms with Gasteiger partial charge in [-0.15, -0.1) is 0 Å². The van der Waals surface area contributed by atoms with Crippen LogP contribution in [0.1, 0.15) is 53.4 Å². The van der Waals surface area contributed by atoms with Crippen molar-refractivity contribution in [1.29, 1.82) is 0 Å². The van der Waals surface area contributed by atoms with E-state index in [4.69, 9.17) is 33.2 Å². The van der Waals surface area contributed by atoms with Crippen LogP contribution in [0, 0.1) is 10.1 Å². The van der Waals surface area contributed by atoms with E-state index in [0.717, 1.165) is 19.3 Å². The highest BCUT2D eigenvalue weighted by Gasteiger charge is 2.67. The van der Waals surface area contributed by atoms with Crippen molar-refractivity contribution < 1.29 is 42.9 Å². The number of fused-ring (bicyclic) bond motifs is 3. The number of non-ortho nitro benzene ring substituents is 1. The van der Waals surface area contributed by atoms with Gasteiger partial charge in [-0.25, -0.2) is 4.79 Å². The SMILES string of the molecule is CC1(C)OC[C@@H]2O[C@@]3(COCCCCCCOC(=O)Nc4ccc([N+](=O)[O-])cc4)OC(C)(C)O[C@H]3[C@@H]2O1. The summed E-state index contributed by atoms with van der Waals surface area (Å²) in [5.74, 6) is -2.56. The fourth-order valence-corrected chi connectivity index (χ4v) is 4.74. The Kier molecular flexibility index (Phi) is 8.36. The summed E-state index contributed by atoms with van der Waals surface area (Å²) in [5.41, 5.74) is 0.388. The van der Waals surface area contributed by atoms with Crippen LogP contribution >= 0.6 is 0 Å². The monoisotopic (exact) mass is 524 g/mol. The van der Waals surface area contributed by atoms with Gasteiger partial charge in [0.15, 0.2) is 11.6 Å². The molecule has 0 aromatic heterocycles. The standard InChI is InChI=1S/C25H36N2O10/c1-23(2)33-15-19-20(35-23)21-25(34-19,37-24(3,4)36-21)16-31-13-7-5-6-8-14-32-22(28)26-17-9-11-18(12-10-17)27(29)30/h9-12,19-21H,5-8,13-16H2,1-4H3,(H,26,28)/t19-,20+,21-,25-/m0/s1. The van der Waals surface area contributed by atoms with Gasteiger partial charge in [0, 0.05) is 24.4 Å². The van der Waals surface area contributed by atoms with Crippen molar-refractivity contribution >= 4 is 17.5 Å². The molecule has 206 valence electrons. The molecule has 3 fully saturated rings. The third-order valence-electron chi connectivity index (χ3n) is 6.34. The van der Waals surface area contributed by atoms with Crippen LogP contribution in [0.4, 0.5) is 16.2 Å². The molecular formula is C25H36N2O10. The molecule has 0 radical (unpaired) electrons. The lowest BCUT2D eigenvalue weighted by Crippen LogP contribution is -2.51. The molecule has 3 heterocycles. The molecule has 0 aliphatic carbocycles. The summed E-state index contributed by atoms with van der Waals surface area (Å²) in [5, 5.41) is 13.2. The molecule has 0 bridgehead atoms. The summed E-state index contributed by atoms with van der Waals surface area (Å²) in [6.45, 7) is 8.88. The third kappa shape index (κ3) is 6.95. The number of nitrogens with one attached hydrogen (secondary N) is 1. The first-order chi connectivity index (χ1) is 17.5. The lowest BCUT2D eigenvalue weighted by atomic mass is 10.0. The molecule has 3 saturated heterocycles. The maximum Gasteiger partial charge on any atom is 0.411 e. The third-order valence-corrected chi connectivity index (χ3v) is 6.34. The normalized spacial score (nSPS) is 29.4. The number of hydrogen-bond acceptors (Lipinski definition) is 10. The summed E-state index contributed by atoms with van der Waals surface area (Å²) >= 11 is 0. The van der Waals surface area contributed by atoms with Gasteiger partial charge in [-0.05, 0) is 59.1 Å². The second-order valence-electron chi connectivity index (χ2n) is 10.3. The summed E-state index contributed by atoms with van der Waals surface area (Å²) in [6.07, 6.45) is 1.73. The van der Waals surface area contributed by atoms with Gasteiger partial charge in [0.25, 0.3) is 5.69 Å². The Balaban J connectivity index is 1.10. The Morgan fingerprint density at radius 2 is 1.73 bits per heavy atom. The first-order valence-electron chi connectivity index (χ1n) is 12.6. The highest BCUT2D eigenvalue weighted by atomic mass is 16.9. The Morgan fingerprint density at radius 3 is 2.43 bits per heavy atom. The zero-order valence-corrected chi connectivity index (χ0v) is 21.7. The van der Waals surface area contributed by atoms with E-state index in [1.807, 2.05) is 27.7 Å². The molecule has 1 aromatic rings. The molecule has 3 aliphatic rings. The Labute approximate surface area is 216 Å². The quantitative estimate of drug-likeness (QED) is 0.256. The number of unbranched alkanes of at least 4 members (excludes halogenated alkanes) is 3. The highest BCUT2D eigenvalue weighted by molar-refractivity contribution is 5.84. The highest BCUT2D eigenvalue weighted by Crippen LogP contribution is 2.49. The van der Waals surface area contributed by atoms with Gasteiger partial charge in [0.1, 0.15) is 24.9 Å². The van der Waals surface area contributed by atoms with Gasteiger partial charge >= 0.3 is 6.09 Å². The van der Waals surface area contributed by atoms with Crippen molar-refractivity contribution in [2.75, 3.05) is 31.7 Å². The number of anilines is 1. The second kappa shape index (κ2) is 11.2. The minimum atomic E-state index is -1.03. The number of benzene rings is 1. The van der Waals surface area contributed by atoms with Crippen molar-refractivity contribution in [1.82, 2.24) is 0 Å². The molecule has 1 amide bonds. The molecule has 4 atom stereocenters. The molecule has 4 rings (SSSR count). The topological polar surface area (TPSA) is 137 Å².